The molecule has 1 unspecified atom stereocenters. The van der Waals surface area contributed by atoms with Crippen LogP contribution in [0.25, 0.3) is 0 Å². The first kappa shape index (κ1) is 16.8. The van der Waals surface area contributed by atoms with Crippen LogP contribution in [0.2, 0.25) is 0 Å². The maximum Gasteiger partial charge on any atom is 0.161 e. The molecule has 0 heterocycles. The van der Waals surface area contributed by atoms with Crippen molar-refractivity contribution in [3.05, 3.63) is 24.3 Å². The van der Waals surface area contributed by atoms with Gasteiger partial charge in [-0.2, -0.15) is 0 Å². The second-order valence-corrected chi connectivity index (χ2v) is 4.96. The van der Waals surface area contributed by atoms with Crippen LogP contribution in [-0.2, 0) is 0 Å². The summed E-state index contributed by atoms with van der Waals surface area (Å²) in [6, 6.07) is 7.45. The van der Waals surface area contributed by atoms with Crippen molar-refractivity contribution < 1.29 is 14.6 Å². The van der Waals surface area contributed by atoms with E-state index < -0.39 is 6.10 Å². The lowest BCUT2D eigenvalue weighted by molar-refractivity contribution is 0.103. The Kier molecular flexibility index (Phi) is 8.07. The van der Waals surface area contributed by atoms with Crippen LogP contribution in [0.4, 0.5) is 0 Å². The van der Waals surface area contributed by atoms with E-state index in [2.05, 4.69) is 19.2 Å². The van der Waals surface area contributed by atoms with E-state index in [4.69, 9.17) is 9.47 Å². The number of aliphatic hydroxyl groups excluding tert-OH is 1. The highest BCUT2D eigenvalue weighted by Crippen LogP contribution is 2.25. The van der Waals surface area contributed by atoms with Crippen molar-refractivity contribution in [1.82, 2.24) is 5.32 Å². The summed E-state index contributed by atoms with van der Waals surface area (Å²) < 4.78 is 10.8. The standard InChI is InChI=1S/C16H27NO3/c1-4-13(5-2)10-17-11-14(18)12-20-16-9-7-6-8-15(16)19-3/h6-9,13-14,17-18H,4-5,10-12H2,1-3H3. The van der Waals surface area contributed by atoms with Crippen LogP contribution in [0.1, 0.15) is 26.7 Å². The minimum absolute atomic E-state index is 0.260. The molecule has 0 aromatic heterocycles. The Bertz CT molecular complexity index is 366. The minimum Gasteiger partial charge on any atom is -0.493 e. The Morgan fingerprint density at radius 1 is 1.10 bits per heavy atom. The fourth-order valence-corrected chi connectivity index (χ4v) is 2.01. The van der Waals surface area contributed by atoms with Gasteiger partial charge in [0.2, 0.25) is 0 Å². The SMILES string of the molecule is CCC(CC)CNCC(O)COc1ccccc1OC. The van der Waals surface area contributed by atoms with Gasteiger partial charge in [-0.1, -0.05) is 38.8 Å². The van der Waals surface area contributed by atoms with Crippen molar-refractivity contribution in [2.24, 2.45) is 5.92 Å². The molecule has 1 rings (SSSR count). The molecule has 0 radical (unpaired) electrons. The highest BCUT2D eigenvalue weighted by Gasteiger charge is 2.09. The van der Waals surface area contributed by atoms with Gasteiger partial charge >= 0.3 is 0 Å². The number of methoxy groups -OCH3 is 1. The van der Waals surface area contributed by atoms with E-state index in [1.54, 1.807) is 7.11 Å². The molecule has 2 N–H and O–H groups in total. The first-order chi connectivity index (χ1) is 9.71. The molecule has 0 saturated carbocycles. The first-order valence-electron chi connectivity index (χ1n) is 7.35. The second-order valence-electron chi connectivity index (χ2n) is 4.96. The Morgan fingerprint density at radius 3 is 2.35 bits per heavy atom. The van der Waals surface area contributed by atoms with Crippen molar-refractivity contribution in [2.75, 3.05) is 26.8 Å². The number of benzene rings is 1. The normalized spacial score (nSPS) is 12.4. The predicted octanol–water partition coefficient (Wildman–Crippen LogP) is 2.46. The van der Waals surface area contributed by atoms with E-state index in [-0.39, 0.29) is 6.61 Å². The number of ether oxygens (including phenoxy) is 2. The molecule has 4 nitrogen and oxygen atoms in total. The molecule has 114 valence electrons. The molecule has 0 aliphatic rings. The predicted molar refractivity (Wildman–Crippen MR) is 81.4 cm³/mol. The van der Waals surface area contributed by atoms with Crippen molar-refractivity contribution in [1.29, 1.82) is 0 Å². The quantitative estimate of drug-likeness (QED) is 0.692. The Labute approximate surface area is 122 Å². The molecule has 0 saturated heterocycles. The molecule has 1 aromatic carbocycles. The van der Waals surface area contributed by atoms with E-state index in [9.17, 15) is 5.11 Å². The van der Waals surface area contributed by atoms with Crippen molar-refractivity contribution in [2.45, 2.75) is 32.8 Å². The molecule has 1 atom stereocenters. The smallest absolute Gasteiger partial charge is 0.161 e. The monoisotopic (exact) mass is 281 g/mol. The number of hydrogen-bond acceptors (Lipinski definition) is 4. The van der Waals surface area contributed by atoms with E-state index in [0.29, 0.717) is 24.0 Å². The lowest BCUT2D eigenvalue weighted by Gasteiger charge is -2.17. The van der Waals surface area contributed by atoms with E-state index in [1.807, 2.05) is 24.3 Å². The summed E-state index contributed by atoms with van der Waals surface area (Å²) in [5, 5.41) is 13.2. The van der Waals surface area contributed by atoms with Crippen LogP contribution < -0.4 is 14.8 Å². The van der Waals surface area contributed by atoms with Gasteiger partial charge in [0.25, 0.3) is 0 Å². The molecule has 0 bridgehead atoms. The van der Waals surface area contributed by atoms with Gasteiger partial charge in [0, 0.05) is 6.54 Å². The maximum absolute atomic E-state index is 9.90. The van der Waals surface area contributed by atoms with Gasteiger partial charge in [0.15, 0.2) is 11.5 Å². The minimum atomic E-state index is -0.519. The molecule has 0 aliphatic carbocycles. The zero-order valence-electron chi connectivity index (χ0n) is 12.8. The number of nitrogens with one attached hydrogen (secondary N) is 1. The van der Waals surface area contributed by atoms with E-state index in [0.717, 1.165) is 19.4 Å². The second kappa shape index (κ2) is 9.61. The molecule has 20 heavy (non-hydrogen) atoms. The Morgan fingerprint density at radius 2 is 1.75 bits per heavy atom. The van der Waals surface area contributed by atoms with Crippen molar-refractivity contribution in [3.8, 4) is 11.5 Å². The molecule has 1 aromatic rings. The zero-order chi connectivity index (χ0) is 14.8. The van der Waals surface area contributed by atoms with Gasteiger partial charge in [-0.05, 0) is 24.6 Å². The summed E-state index contributed by atoms with van der Waals surface area (Å²) >= 11 is 0. The lowest BCUT2D eigenvalue weighted by Crippen LogP contribution is -2.34. The van der Waals surface area contributed by atoms with Crippen LogP contribution >= 0.6 is 0 Å². The van der Waals surface area contributed by atoms with Gasteiger partial charge in [0.05, 0.1) is 7.11 Å². The number of aliphatic hydroxyl groups is 1. The summed E-state index contributed by atoms with van der Waals surface area (Å²) in [5.41, 5.74) is 0. The largest absolute Gasteiger partial charge is 0.493 e. The van der Waals surface area contributed by atoms with Crippen molar-refractivity contribution in [3.63, 3.8) is 0 Å². The summed E-state index contributed by atoms with van der Waals surface area (Å²) in [4.78, 5) is 0. The van der Waals surface area contributed by atoms with Gasteiger partial charge < -0.3 is 19.9 Å². The van der Waals surface area contributed by atoms with Crippen LogP contribution in [0.15, 0.2) is 24.3 Å². The first-order valence-corrected chi connectivity index (χ1v) is 7.35. The molecule has 0 amide bonds. The van der Waals surface area contributed by atoms with Gasteiger partial charge in [-0.3, -0.25) is 0 Å². The number of hydrogen-bond donors (Lipinski definition) is 2. The van der Waals surface area contributed by atoms with Gasteiger partial charge in [0.1, 0.15) is 12.7 Å². The highest BCUT2D eigenvalue weighted by atomic mass is 16.5. The topological polar surface area (TPSA) is 50.7 Å². The number of rotatable bonds is 10. The summed E-state index contributed by atoms with van der Waals surface area (Å²) in [6.45, 7) is 6.13. The molecule has 0 spiro atoms. The highest BCUT2D eigenvalue weighted by molar-refractivity contribution is 5.39. The van der Waals surface area contributed by atoms with Gasteiger partial charge in [-0.15, -0.1) is 0 Å². The average Bonchev–Trinajstić information content (AvgIpc) is 2.49. The molecular formula is C16H27NO3. The summed E-state index contributed by atoms with van der Waals surface area (Å²) in [5.74, 6) is 2.02. The number of para-hydroxylation sites is 2. The molecular weight excluding hydrogens is 254 g/mol. The van der Waals surface area contributed by atoms with Crippen LogP contribution in [0, 0.1) is 5.92 Å². The third kappa shape index (κ3) is 5.80. The lowest BCUT2D eigenvalue weighted by atomic mass is 10.0. The fraction of sp³-hybridized carbons (Fsp3) is 0.625. The summed E-state index contributed by atoms with van der Waals surface area (Å²) in [7, 11) is 1.61. The van der Waals surface area contributed by atoms with Crippen LogP contribution in [0.5, 0.6) is 11.5 Å². The van der Waals surface area contributed by atoms with Gasteiger partial charge in [-0.25, -0.2) is 0 Å². The van der Waals surface area contributed by atoms with Crippen molar-refractivity contribution >= 4 is 0 Å². The van der Waals surface area contributed by atoms with Crippen LogP contribution in [0.3, 0.4) is 0 Å². The van der Waals surface area contributed by atoms with Crippen LogP contribution in [-0.4, -0.2) is 38.0 Å². The third-order valence-electron chi connectivity index (χ3n) is 3.47. The third-order valence-corrected chi connectivity index (χ3v) is 3.47. The molecule has 0 aliphatic heterocycles. The molecule has 4 heteroatoms. The average molecular weight is 281 g/mol. The Balaban J connectivity index is 2.27. The van der Waals surface area contributed by atoms with E-state index >= 15 is 0 Å². The molecule has 0 fully saturated rings. The van der Waals surface area contributed by atoms with E-state index in [1.165, 1.54) is 0 Å². The fourth-order valence-electron chi connectivity index (χ4n) is 2.01. The zero-order valence-corrected chi connectivity index (χ0v) is 12.8. The Hall–Kier alpha value is -1.26. The maximum atomic E-state index is 9.90. The summed E-state index contributed by atoms with van der Waals surface area (Å²) in [6.07, 6.45) is 1.81.